The van der Waals surface area contributed by atoms with Gasteiger partial charge in [-0.25, -0.2) is 0 Å². The summed E-state index contributed by atoms with van der Waals surface area (Å²) in [5.74, 6) is 0. The number of para-hydroxylation sites is 4. The van der Waals surface area contributed by atoms with Crippen LogP contribution < -0.4 is 4.90 Å². The number of rotatable bonds is 6. The minimum atomic E-state index is -0.515. The number of fused-ring (bicyclic) bond motifs is 12. The quantitative estimate of drug-likeness (QED) is 0.163. The lowest BCUT2D eigenvalue weighted by Gasteiger charge is -2.39. The molecule has 2 heterocycles. The van der Waals surface area contributed by atoms with Crippen LogP contribution >= 0.6 is 0 Å². The first kappa shape index (κ1) is 35.5. The van der Waals surface area contributed by atoms with Gasteiger partial charge in [-0.3, -0.25) is 0 Å². The lowest BCUT2D eigenvalue weighted by atomic mass is 9.65. The maximum Gasteiger partial charge on any atom is 0.0754 e. The Bertz CT molecular complexity index is 3580. The number of hydrogen-bond donors (Lipinski definition) is 0. The van der Waals surface area contributed by atoms with E-state index in [4.69, 9.17) is 0 Å². The predicted octanol–water partition coefficient (Wildman–Crippen LogP) is 15.9. The Morgan fingerprint density at radius 1 is 0.317 bits per heavy atom. The molecule has 11 aromatic rings. The van der Waals surface area contributed by atoms with Gasteiger partial charge in [-0.1, -0.05) is 194 Å². The molecule has 0 amide bonds. The maximum absolute atomic E-state index is 2.51. The van der Waals surface area contributed by atoms with Gasteiger partial charge in [0.05, 0.1) is 27.8 Å². The topological polar surface area (TPSA) is 8.17 Å². The molecule has 2 nitrogen and oxygen atoms in total. The van der Waals surface area contributed by atoms with Crippen molar-refractivity contribution in [2.24, 2.45) is 0 Å². The Morgan fingerprint density at radius 2 is 0.873 bits per heavy atom. The van der Waals surface area contributed by atoms with Gasteiger partial charge in [0.1, 0.15) is 0 Å². The molecule has 0 fully saturated rings. The number of hydrogen-bond acceptors (Lipinski definition) is 1. The molecular formula is C61H40N2. The van der Waals surface area contributed by atoms with E-state index in [0.717, 1.165) is 17.1 Å². The molecule has 2 aliphatic rings. The number of aromatic nitrogens is 1. The molecule has 294 valence electrons. The van der Waals surface area contributed by atoms with Gasteiger partial charge in [-0.05, 0) is 110 Å². The van der Waals surface area contributed by atoms with Crippen LogP contribution in [0.5, 0.6) is 0 Å². The first-order valence-corrected chi connectivity index (χ1v) is 21.8. The largest absolute Gasteiger partial charge is 0.310 e. The zero-order valence-electron chi connectivity index (χ0n) is 34.5. The zero-order valence-corrected chi connectivity index (χ0v) is 34.5. The molecular weight excluding hydrogens is 761 g/mol. The highest BCUT2D eigenvalue weighted by Crippen LogP contribution is 2.61. The molecule has 0 saturated carbocycles. The summed E-state index contributed by atoms with van der Waals surface area (Å²) in [5.41, 5.74) is 21.5. The fraction of sp³-hybridized carbons (Fsp3) is 0.0164. The molecule has 13 rings (SSSR count). The van der Waals surface area contributed by atoms with Gasteiger partial charge in [0, 0.05) is 27.7 Å². The Balaban J connectivity index is 1.07. The lowest BCUT2D eigenvalue weighted by Crippen LogP contribution is -2.33. The highest BCUT2D eigenvalue weighted by atomic mass is 15.1. The van der Waals surface area contributed by atoms with Crippen LogP contribution in [-0.2, 0) is 5.41 Å². The molecule has 1 spiro atoms. The first-order chi connectivity index (χ1) is 31.3. The normalized spacial score (nSPS) is 14.4. The molecule has 0 radical (unpaired) electrons. The van der Waals surface area contributed by atoms with Crippen molar-refractivity contribution in [1.29, 1.82) is 0 Å². The fourth-order valence-corrected chi connectivity index (χ4v) is 11.0. The van der Waals surface area contributed by atoms with Crippen LogP contribution in [0, 0.1) is 0 Å². The van der Waals surface area contributed by atoms with E-state index < -0.39 is 5.41 Å². The molecule has 1 aliphatic carbocycles. The van der Waals surface area contributed by atoms with E-state index in [0.29, 0.717) is 0 Å². The Morgan fingerprint density at radius 3 is 1.70 bits per heavy atom. The van der Waals surface area contributed by atoms with Gasteiger partial charge in [-0.15, -0.1) is 0 Å². The van der Waals surface area contributed by atoms with Gasteiger partial charge in [0.2, 0.25) is 0 Å². The third-order valence-corrected chi connectivity index (χ3v) is 13.6. The summed E-state index contributed by atoms with van der Waals surface area (Å²) >= 11 is 0. The molecule has 1 aromatic heterocycles. The summed E-state index contributed by atoms with van der Waals surface area (Å²) in [7, 11) is 0. The van der Waals surface area contributed by atoms with Crippen LogP contribution in [0.4, 0.5) is 17.1 Å². The van der Waals surface area contributed by atoms with Crippen LogP contribution in [0.15, 0.2) is 243 Å². The monoisotopic (exact) mass is 800 g/mol. The molecule has 1 atom stereocenters. The van der Waals surface area contributed by atoms with Crippen LogP contribution in [0.25, 0.3) is 72.0 Å². The average molecular weight is 801 g/mol. The fourth-order valence-electron chi connectivity index (χ4n) is 11.0. The zero-order chi connectivity index (χ0) is 41.5. The SMILES string of the molecule is c1ccc(-c2cccc(-c3ccccc3N(c3cccc(-c4ccccc4)c3)c3ccc4c(c3)-c3ccccc3C43c4ccccc4-n4c5ccccc5c5cccc3c54)c2)cc1. The molecule has 0 saturated heterocycles. The van der Waals surface area contributed by atoms with Crippen molar-refractivity contribution in [2.45, 2.75) is 5.41 Å². The molecule has 0 bridgehead atoms. The average Bonchev–Trinajstić information content (AvgIpc) is 3.85. The third-order valence-electron chi connectivity index (χ3n) is 13.6. The molecule has 1 unspecified atom stereocenters. The van der Waals surface area contributed by atoms with Crippen molar-refractivity contribution in [3.05, 3.63) is 265 Å². The molecule has 10 aromatic carbocycles. The number of anilines is 3. The van der Waals surface area contributed by atoms with E-state index >= 15 is 0 Å². The maximum atomic E-state index is 2.51. The molecule has 2 heteroatoms. The summed E-state index contributed by atoms with van der Waals surface area (Å²) in [5, 5.41) is 2.57. The summed E-state index contributed by atoms with van der Waals surface area (Å²) in [6, 6.07) is 89.6. The minimum Gasteiger partial charge on any atom is -0.310 e. The minimum absolute atomic E-state index is 0.515. The van der Waals surface area contributed by atoms with E-state index in [-0.39, 0.29) is 0 Å². The predicted molar refractivity (Wildman–Crippen MR) is 263 cm³/mol. The van der Waals surface area contributed by atoms with Crippen molar-refractivity contribution in [3.63, 3.8) is 0 Å². The van der Waals surface area contributed by atoms with Gasteiger partial charge < -0.3 is 9.47 Å². The number of benzene rings is 10. The van der Waals surface area contributed by atoms with Crippen molar-refractivity contribution >= 4 is 38.9 Å². The summed E-state index contributed by atoms with van der Waals surface area (Å²) in [6.07, 6.45) is 0. The van der Waals surface area contributed by atoms with E-state index in [1.807, 2.05) is 0 Å². The Kier molecular flexibility index (Phi) is 7.85. The Hall–Kier alpha value is -8.20. The molecule has 0 N–H and O–H groups in total. The second-order valence-electron chi connectivity index (χ2n) is 16.8. The lowest BCUT2D eigenvalue weighted by molar-refractivity contribution is 0.748. The number of nitrogens with zero attached hydrogens (tertiary/aromatic N) is 2. The highest BCUT2D eigenvalue weighted by Gasteiger charge is 2.50. The van der Waals surface area contributed by atoms with Crippen LogP contribution in [0.3, 0.4) is 0 Å². The Labute approximate surface area is 367 Å². The van der Waals surface area contributed by atoms with Crippen molar-refractivity contribution in [2.75, 3.05) is 4.90 Å². The molecule has 63 heavy (non-hydrogen) atoms. The summed E-state index contributed by atoms with van der Waals surface area (Å²) in [4.78, 5) is 2.47. The second-order valence-corrected chi connectivity index (χ2v) is 16.8. The van der Waals surface area contributed by atoms with Crippen molar-refractivity contribution < 1.29 is 0 Å². The third kappa shape index (κ3) is 5.19. The smallest absolute Gasteiger partial charge is 0.0754 e. The molecule has 1 aliphatic heterocycles. The summed E-state index contributed by atoms with van der Waals surface area (Å²) < 4.78 is 2.51. The summed E-state index contributed by atoms with van der Waals surface area (Å²) in [6.45, 7) is 0. The van der Waals surface area contributed by atoms with E-state index in [1.165, 1.54) is 94.3 Å². The van der Waals surface area contributed by atoms with Crippen molar-refractivity contribution in [1.82, 2.24) is 4.57 Å². The van der Waals surface area contributed by atoms with Gasteiger partial charge in [-0.2, -0.15) is 0 Å². The van der Waals surface area contributed by atoms with E-state index in [9.17, 15) is 0 Å². The van der Waals surface area contributed by atoms with Crippen LogP contribution in [0.1, 0.15) is 22.3 Å². The van der Waals surface area contributed by atoms with E-state index in [1.54, 1.807) is 0 Å². The van der Waals surface area contributed by atoms with Crippen LogP contribution in [0.2, 0.25) is 0 Å². The van der Waals surface area contributed by atoms with Gasteiger partial charge in [0.25, 0.3) is 0 Å². The van der Waals surface area contributed by atoms with Crippen molar-refractivity contribution in [3.8, 4) is 50.2 Å². The van der Waals surface area contributed by atoms with Crippen LogP contribution in [-0.4, -0.2) is 4.57 Å². The standard InChI is InChI=1S/C61H40N2/c1-3-18-41(19-4-1)43-22-15-24-45(38-43)48-26-8-12-33-57(48)62(46-25-16-23-44(39-46)42-20-5-2-6-21-42)47-36-37-54-52(40-47)49-27-7-10-30-53(49)61(54)55-31-11-14-35-59(55)63-58-34-13-9-28-50(58)51-29-17-32-56(61)60(51)63/h1-40H. The van der Waals surface area contributed by atoms with Gasteiger partial charge >= 0.3 is 0 Å². The highest BCUT2D eigenvalue weighted by molar-refractivity contribution is 6.13. The van der Waals surface area contributed by atoms with Gasteiger partial charge in [0.15, 0.2) is 0 Å². The second kappa shape index (κ2) is 13.9. The first-order valence-electron chi connectivity index (χ1n) is 21.8. The van der Waals surface area contributed by atoms with E-state index in [2.05, 4.69) is 252 Å².